The number of rotatable bonds is 7. The smallest absolute Gasteiger partial charge is 0.319 e. The van der Waals surface area contributed by atoms with Gasteiger partial charge < -0.3 is 15.7 Å². The van der Waals surface area contributed by atoms with Crippen molar-refractivity contribution in [3.05, 3.63) is 29.3 Å². The standard InChI is InChI=1S/C16H24N2O3/c1-4-7-13(10-14(19)20)17-16(21)18-15-11(3)8-6-9-12(15)5-2/h6,8-9,13H,4-5,7,10H2,1-3H3,(H,19,20)(H2,17,18,21). The van der Waals surface area contributed by atoms with Crippen LogP contribution in [0.15, 0.2) is 18.2 Å². The summed E-state index contributed by atoms with van der Waals surface area (Å²) in [6.07, 6.45) is 2.23. The van der Waals surface area contributed by atoms with E-state index in [0.717, 1.165) is 29.7 Å². The SMILES string of the molecule is CCCC(CC(=O)O)NC(=O)Nc1c(C)cccc1CC. The summed E-state index contributed by atoms with van der Waals surface area (Å²) in [7, 11) is 0. The molecule has 0 spiro atoms. The van der Waals surface area contributed by atoms with E-state index < -0.39 is 5.97 Å². The lowest BCUT2D eigenvalue weighted by atomic mass is 10.1. The van der Waals surface area contributed by atoms with Gasteiger partial charge in [-0.05, 0) is 30.9 Å². The van der Waals surface area contributed by atoms with Gasteiger partial charge in [-0.2, -0.15) is 0 Å². The molecule has 0 aliphatic rings. The van der Waals surface area contributed by atoms with Crippen LogP contribution in [0.3, 0.4) is 0 Å². The molecule has 21 heavy (non-hydrogen) atoms. The maximum atomic E-state index is 12.1. The Hall–Kier alpha value is -2.04. The van der Waals surface area contributed by atoms with Crippen LogP contribution in [0.2, 0.25) is 0 Å². The van der Waals surface area contributed by atoms with Crippen LogP contribution in [-0.2, 0) is 11.2 Å². The predicted octanol–water partition coefficient (Wildman–Crippen LogP) is 3.32. The predicted molar refractivity (Wildman–Crippen MR) is 83.7 cm³/mol. The Morgan fingerprint density at radius 1 is 1.29 bits per heavy atom. The van der Waals surface area contributed by atoms with Crippen LogP contribution < -0.4 is 10.6 Å². The number of benzene rings is 1. The molecule has 0 radical (unpaired) electrons. The van der Waals surface area contributed by atoms with Gasteiger partial charge >= 0.3 is 12.0 Å². The molecule has 3 N–H and O–H groups in total. The lowest BCUT2D eigenvalue weighted by molar-refractivity contribution is -0.137. The summed E-state index contributed by atoms with van der Waals surface area (Å²) in [6.45, 7) is 5.93. The number of nitrogens with one attached hydrogen (secondary N) is 2. The third-order valence-corrected chi connectivity index (χ3v) is 3.37. The van der Waals surface area contributed by atoms with E-state index in [4.69, 9.17) is 5.11 Å². The zero-order valence-electron chi connectivity index (χ0n) is 12.9. The quantitative estimate of drug-likeness (QED) is 0.721. The molecule has 5 heteroatoms. The third-order valence-electron chi connectivity index (χ3n) is 3.37. The van der Waals surface area contributed by atoms with Gasteiger partial charge in [-0.3, -0.25) is 4.79 Å². The van der Waals surface area contributed by atoms with Gasteiger partial charge in [0.15, 0.2) is 0 Å². The molecule has 5 nitrogen and oxygen atoms in total. The van der Waals surface area contributed by atoms with Crippen molar-refractivity contribution in [2.45, 2.75) is 52.5 Å². The van der Waals surface area contributed by atoms with E-state index in [1.807, 2.05) is 39.0 Å². The number of carbonyl (C=O) groups is 2. The monoisotopic (exact) mass is 292 g/mol. The van der Waals surface area contributed by atoms with Gasteiger partial charge in [0.25, 0.3) is 0 Å². The molecule has 0 fully saturated rings. The summed E-state index contributed by atoms with van der Waals surface area (Å²) in [5.41, 5.74) is 2.87. The van der Waals surface area contributed by atoms with Crippen molar-refractivity contribution >= 4 is 17.7 Å². The molecular weight excluding hydrogens is 268 g/mol. The molecule has 1 aromatic rings. The highest BCUT2D eigenvalue weighted by Gasteiger charge is 2.16. The van der Waals surface area contributed by atoms with Crippen LogP contribution in [-0.4, -0.2) is 23.1 Å². The van der Waals surface area contributed by atoms with Crippen molar-refractivity contribution in [2.75, 3.05) is 5.32 Å². The molecule has 1 aromatic carbocycles. The largest absolute Gasteiger partial charge is 0.481 e. The lowest BCUT2D eigenvalue weighted by Crippen LogP contribution is -2.39. The number of hydrogen-bond donors (Lipinski definition) is 3. The lowest BCUT2D eigenvalue weighted by Gasteiger charge is -2.18. The number of para-hydroxylation sites is 1. The summed E-state index contributed by atoms with van der Waals surface area (Å²) in [5, 5.41) is 14.5. The number of carboxylic acid groups (broad SMARTS) is 1. The van der Waals surface area contributed by atoms with E-state index in [0.29, 0.717) is 6.42 Å². The van der Waals surface area contributed by atoms with Crippen LogP contribution in [0, 0.1) is 6.92 Å². The Morgan fingerprint density at radius 3 is 2.57 bits per heavy atom. The Bertz CT molecular complexity index is 500. The summed E-state index contributed by atoms with van der Waals surface area (Å²) in [6, 6.07) is 5.18. The van der Waals surface area contributed by atoms with Crippen LogP contribution in [0.4, 0.5) is 10.5 Å². The molecule has 1 atom stereocenters. The minimum atomic E-state index is -0.904. The average molecular weight is 292 g/mol. The molecule has 1 unspecified atom stereocenters. The van der Waals surface area contributed by atoms with Crippen molar-refractivity contribution in [3.8, 4) is 0 Å². The van der Waals surface area contributed by atoms with Gasteiger partial charge in [0.1, 0.15) is 0 Å². The minimum Gasteiger partial charge on any atom is -0.481 e. The second-order valence-corrected chi connectivity index (χ2v) is 5.14. The van der Waals surface area contributed by atoms with Gasteiger partial charge in [-0.15, -0.1) is 0 Å². The van der Waals surface area contributed by atoms with Crippen molar-refractivity contribution in [1.82, 2.24) is 5.32 Å². The first-order chi connectivity index (χ1) is 9.97. The first kappa shape index (κ1) is 17.0. The third kappa shape index (κ3) is 5.45. The maximum absolute atomic E-state index is 12.1. The highest BCUT2D eigenvalue weighted by Crippen LogP contribution is 2.21. The van der Waals surface area contributed by atoms with Crippen molar-refractivity contribution in [2.24, 2.45) is 0 Å². The van der Waals surface area contributed by atoms with E-state index >= 15 is 0 Å². The Kier molecular flexibility index (Phi) is 6.72. The van der Waals surface area contributed by atoms with Crippen LogP contribution in [0.25, 0.3) is 0 Å². The molecule has 0 aromatic heterocycles. The topological polar surface area (TPSA) is 78.4 Å². The molecule has 0 saturated heterocycles. The fourth-order valence-electron chi connectivity index (χ4n) is 2.32. The van der Waals surface area contributed by atoms with Gasteiger partial charge in [0, 0.05) is 11.7 Å². The number of anilines is 1. The second-order valence-electron chi connectivity index (χ2n) is 5.14. The number of hydrogen-bond acceptors (Lipinski definition) is 2. The first-order valence-electron chi connectivity index (χ1n) is 7.35. The van der Waals surface area contributed by atoms with Crippen LogP contribution in [0.1, 0.15) is 44.2 Å². The summed E-state index contributed by atoms with van der Waals surface area (Å²) in [4.78, 5) is 22.9. The summed E-state index contributed by atoms with van der Waals surface area (Å²) in [5.74, 6) is -0.904. The van der Waals surface area contributed by atoms with Crippen LogP contribution in [0.5, 0.6) is 0 Å². The Morgan fingerprint density at radius 2 is 2.00 bits per heavy atom. The van der Waals surface area contributed by atoms with Gasteiger partial charge in [-0.25, -0.2) is 4.79 Å². The highest BCUT2D eigenvalue weighted by molar-refractivity contribution is 5.91. The average Bonchev–Trinajstić information content (AvgIpc) is 2.40. The van der Waals surface area contributed by atoms with Gasteiger partial charge in [0.2, 0.25) is 0 Å². The molecule has 0 bridgehead atoms. The molecule has 0 aliphatic heterocycles. The Balaban J connectivity index is 2.74. The molecule has 1 rings (SSSR count). The Labute approximate surface area is 125 Å². The van der Waals surface area contributed by atoms with Crippen LogP contribution >= 0.6 is 0 Å². The highest BCUT2D eigenvalue weighted by atomic mass is 16.4. The molecule has 2 amide bonds. The van der Waals surface area contributed by atoms with E-state index in [1.54, 1.807) is 0 Å². The molecule has 0 saturated carbocycles. The zero-order valence-corrected chi connectivity index (χ0v) is 12.9. The molecule has 0 heterocycles. The number of amides is 2. The van der Waals surface area contributed by atoms with Gasteiger partial charge in [0.05, 0.1) is 6.42 Å². The second kappa shape index (κ2) is 8.29. The van der Waals surface area contributed by atoms with Crippen molar-refractivity contribution < 1.29 is 14.7 Å². The van der Waals surface area contributed by atoms with E-state index in [1.165, 1.54) is 0 Å². The molecule has 116 valence electrons. The fourth-order valence-corrected chi connectivity index (χ4v) is 2.32. The number of urea groups is 1. The number of aryl methyl sites for hydroxylation is 2. The number of carboxylic acids is 1. The molecular formula is C16H24N2O3. The van der Waals surface area contributed by atoms with E-state index in [-0.39, 0.29) is 18.5 Å². The zero-order chi connectivity index (χ0) is 15.8. The van der Waals surface area contributed by atoms with Crippen molar-refractivity contribution in [3.63, 3.8) is 0 Å². The first-order valence-corrected chi connectivity index (χ1v) is 7.35. The minimum absolute atomic E-state index is 0.0599. The van der Waals surface area contributed by atoms with E-state index in [2.05, 4.69) is 10.6 Å². The number of carbonyl (C=O) groups excluding carboxylic acids is 1. The number of aliphatic carboxylic acids is 1. The van der Waals surface area contributed by atoms with Crippen molar-refractivity contribution in [1.29, 1.82) is 0 Å². The summed E-state index contributed by atoms with van der Waals surface area (Å²) < 4.78 is 0. The van der Waals surface area contributed by atoms with Gasteiger partial charge in [-0.1, -0.05) is 38.5 Å². The summed E-state index contributed by atoms with van der Waals surface area (Å²) >= 11 is 0. The fraction of sp³-hybridized carbons (Fsp3) is 0.500. The normalized spacial score (nSPS) is 11.8. The maximum Gasteiger partial charge on any atom is 0.319 e. The van der Waals surface area contributed by atoms with E-state index in [9.17, 15) is 9.59 Å². The molecule has 0 aliphatic carbocycles.